The van der Waals surface area contributed by atoms with Gasteiger partial charge in [0, 0.05) is 12.2 Å². The summed E-state index contributed by atoms with van der Waals surface area (Å²) in [5, 5.41) is 3.16. The molecule has 0 amide bonds. The second-order valence-electron chi connectivity index (χ2n) is 4.04. The Hall–Kier alpha value is -1.40. The monoisotopic (exact) mass is 254 g/mol. The molecule has 5 nitrogen and oxygen atoms in total. The number of hydrogen-bond acceptors (Lipinski definition) is 4. The van der Waals surface area contributed by atoms with Crippen LogP contribution in [0.3, 0.4) is 0 Å². The van der Waals surface area contributed by atoms with Crippen molar-refractivity contribution >= 4 is 22.0 Å². The number of carbonyl (C=O) groups is 1. The predicted octanol–water partition coefficient (Wildman–Crippen LogP) is 0.520. The third-order valence-corrected chi connectivity index (χ3v) is 4.20. The molecular weight excluding hydrogens is 240 g/mol. The molecule has 0 radical (unpaired) electrons. The minimum absolute atomic E-state index is 0.202. The van der Waals surface area contributed by atoms with Gasteiger partial charge in [0.15, 0.2) is 0 Å². The fourth-order valence-corrected chi connectivity index (χ4v) is 3.01. The molecule has 2 N–H and O–H groups in total. The third-order valence-electron chi connectivity index (χ3n) is 2.64. The fourth-order valence-electron chi connectivity index (χ4n) is 1.79. The van der Waals surface area contributed by atoms with Gasteiger partial charge in [0.25, 0.3) is 0 Å². The smallest absolute Gasteiger partial charge is 0.241 e. The highest BCUT2D eigenvalue weighted by molar-refractivity contribution is 7.89. The van der Waals surface area contributed by atoms with Crippen molar-refractivity contribution in [3.63, 3.8) is 0 Å². The molecule has 0 spiro atoms. The SMILES string of the molecule is CC(C=O)NS(=O)(=O)c1ccc2c(c1)CCN2. The quantitative estimate of drug-likeness (QED) is 0.768. The Bertz CT molecular complexity index is 540. The van der Waals surface area contributed by atoms with Crippen molar-refractivity contribution in [2.75, 3.05) is 11.9 Å². The summed E-state index contributed by atoms with van der Waals surface area (Å²) < 4.78 is 26.1. The molecule has 6 heteroatoms. The zero-order chi connectivity index (χ0) is 12.5. The summed E-state index contributed by atoms with van der Waals surface area (Å²) in [6, 6.07) is 4.22. The van der Waals surface area contributed by atoms with Crippen LogP contribution in [0.1, 0.15) is 12.5 Å². The van der Waals surface area contributed by atoms with Crippen LogP contribution in [-0.2, 0) is 21.2 Å². The summed E-state index contributed by atoms with van der Waals surface area (Å²) in [5.74, 6) is 0. The number of fused-ring (bicyclic) bond motifs is 1. The maximum absolute atomic E-state index is 11.9. The Morgan fingerprint density at radius 2 is 2.24 bits per heavy atom. The van der Waals surface area contributed by atoms with Crippen LogP contribution >= 0.6 is 0 Å². The highest BCUT2D eigenvalue weighted by Crippen LogP contribution is 2.24. The van der Waals surface area contributed by atoms with E-state index in [2.05, 4.69) is 10.0 Å². The Balaban J connectivity index is 2.31. The lowest BCUT2D eigenvalue weighted by Gasteiger charge is -2.09. The molecule has 1 aromatic rings. The van der Waals surface area contributed by atoms with Crippen molar-refractivity contribution in [2.45, 2.75) is 24.3 Å². The first-order valence-corrected chi connectivity index (χ1v) is 6.85. The minimum Gasteiger partial charge on any atom is -0.384 e. The Morgan fingerprint density at radius 3 is 2.94 bits per heavy atom. The van der Waals surface area contributed by atoms with E-state index >= 15 is 0 Å². The molecule has 0 fully saturated rings. The van der Waals surface area contributed by atoms with Gasteiger partial charge in [0.05, 0.1) is 10.9 Å². The van der Waals surface area contributed by atoms with Crippen LogP contribution in [0.15, 0.2) is 23.1 Å². The van der Waals surface area contributed by atoms with Gasteiger partial charge in [-0.25, -0.2) is 13.1 Å². The molecule has 0 bridgehead atoms. The van der Waals surface area contributed by atoms with Crippen molar-refractivity contribution in [2.24, 2.45) is 0 Å². The van der Waals surface area contributed by atoms with Gasteiger partial charge in [0.1, 0.15) is 6.29 Å². The molecule has 1 atom stereocenters. The van der Waals surface area contributed by atoms with Crippen LogP contribution < -0.4 is 10.0 Å². The van der Waals surface area contributed by atoms with Gasteiger partial charge in [-0.05, 0) is 37.1 Å². The maximum Gasteiger partial charge on any atom is 0.241 e. The van der Waals surface area contributed by atoms with E-state index in [-0.39, 0.29) is 4.90 Å². The topological polar surface area (TPSA) is 75.3 Å². The molecule has 0 saturated carbocycles. The maximum atomic E-state index is 11.9. The van der Waals surface area contributed by atoms with Crippen molar-refractivity contribution in [3.05, 3.63) is 23.8 Å². The zero-order valence-electron chi connectivity index (χ0n) is 9.43. The van der Waals surface area contributed by atoms with Crippen LogP contribution in [0.25, 0.3) is 0 Å². The summed E-state index contributed by atoms with van der Waals surface area (Å²) in [5.41, 5.74) is 1.97. The van der Waals surface area contributed by atoms with Crippen LogP contribution in [0, 0.1) is 0 Å². The molecule has 92 valence electrons. The molecule has 0 saturated heterocycles. The molecule has 2 rings (SSSR count). The van der Waals surface area contributed by atoms with Gasteiger partial charge in [-0.15, -0.1) is 0 Å². The second kappa shape index (κ2) is 4.46. The summed E-state index contributed by atoms with van der Waals surface area (Å²) >= 11 is 0. The number of benzene rings is 1. The molecule has 1 unspecified atom stereocenters. The number of rotatable bonds is 4. The molecule has 0 aliphatic carbocycles. The van der Waals surface area contributed by atoms with E-state index in [0.29, 0.717) is 6.29 Å². The lowest BCUT2D eigenvalue weighted by atomic mass is 10.2. The standard InChI is InChI=1S/C11H14N2O3S/c1-8(7-14)13-17(15,16)10-2-3-11-9(6-10)4-5-12-11/h2-3,6-8,12-13H,4-5H2,1H3. The van der Waals surface area contributed by atoms with Crippen molar-refractivity contribution in [3.8, 4) is 0 Å². The lowest BCUT2D eigenvalue weighted by molar-refractivity contribution is -0.108. The van der Waals surface area contributed by atoms with Gasteiger partial charge in [0.2, 0.25) is 10.0 Å². The van der Waals surface area contributed by atoms with E-state index in [4.69, 9.17) is 0 Å². The van der Waals surface area contributed by atoms with Gasteiger partial charge < -0.3 is 10.1 Å². The van der Waals surface area contributed by atoms with Crippen LogP contribution in [0.5, 0.6) is 0 Å². The number of anilines is 1. The van der Waals surface area contributed by atoms with Crippen molar-refractivity contribution in [1.29, 1.82) is 0 Å². The number of nitrogens with one attached hydrogen (secondary N) is 2. The van der Waals surface area contributed by atoms with Crippen LogP contribution in [-0.4, -0.2) is 27.3 Å². The molecular formula is C11H14N2O3S. The predicted molar refractivity (Wildman–Crippen MR) is 64.5 cm³/mol. The molecule has 0 aromatic heterocycles. The first kappa shape index (κ1) is 12.1. The van der Waals surface area contributed by atoms with E-state index in [1.807, 2.05) is 0 Å². The molecule has 1 aliphatic heterocycles. The van der Waals surface area contributed by atoms with E-state index in [9.17, 15) is 13.2 Å². The first-order valence-electron chi connectivity index (χ1n) is 5.37. The summed E-state index contributed by atoms with van der Waals surface area (Å²) in [7, 11) is -3.60. The summed E-state index contributed by atoms with van der Waals surface area (Å²) in [4.78, 5) is 10.7. The average Bonchev–Trinajstić information content (AvgIpc) is 2.75. The number of hydrogen-bond donors (Lipinski definition) is 2. The van der Waals surface area contributed by atoms with Crippen LogP contribution in [0.2, 0.25) is 0 Å². The van der Waals surface area contributed by atoms with Crippen molar-refractivity contribution < 1.29 is 13.2 Å². The Morgan fingerprint density at radius 1 is 1.47 bits per heavy atom. The second-order valence-corrected chi connectivity index (χ2v) is 5.76. The summed E-state index contributed by atoms with van der Waals surface area (Å²) in [6.07, 6.45) is 1.38. The van der Waals surface area contributed by atoms with Gasteiger partial charge in [-0.1, -0.05) is 0 Å². The highest BCUT2D eigenvalue weighted by atomic mass is 32.2. The van der Waals surface area contributed by atoms with Gasteiger partial charge in [-0.3, -0.25) is 0 Å². The number of sulfonamides is 1. The van der Waals surface area contributed by atoms with E-state index in [0.717, 1.165) is 24.2 Å². The first-order chi connectivity index (χ1) is 8.03. The van der Waals surface area contributed by atoms with Gasteiger partial charge in [-0.2, -0.15) is 0 Å². The Kier molecular flexibility index (Phi) is 3.17. The molecule has 1 aromatic carbocycles. The largest absolute Gasteiger partial charge is 0.384 e. The molecule has 17 heavy (non-hydrogen) atoms. The van der Waals surface area contributed by atoms with E-state index in [1.54, 1.807) is 12.1 Å². The number of aldehydes is 1. The summed E-state index contributed by atoms with van der Waals surface area (Å²) in [6.45, 7) is 2.33. The van der Waals surface area contributed by atoms with Crippen LogP contribution in [0.4, 0.5) is 5.69 Å². The molecule has 1 heterocycles. The minimum atomic E-state index is -3.60. The number of carbonyl (C=O) groups excluding carboxylic acids is 1. The fraction of sp³-hybridized carbons (Fsp3) is 0.364. The van der Waals surface area contributed by atoms with Gasteiger partial charge >= 0.3 is 0 Å². The van der Waals surface area contributed by atoms with Crippen molar-refractivity contribution in [1.82, 2.24) is 4.72 Å². The zero-order valence-corrected chi connectivity index (χ0v) is 10.3. The van der Waals surface area contributed by atoms with E-state index in [1.165, 1.54) is 13.0 Å². The Labute approximate surface area is 100 Å². The van der Waals surface area contributed by atoms with E-state index < -0.39 is 16.1 Å². The third kappa shape index (κ3) is 2.48. The molecule has 1 aliphatic rings. The average molecular weight is 254 g/mol. The normalized spacial score (nSPS) is 16.1. The lowest BCUT2D eigenvalue weighted by Crippen LogP contribution is -2.33. The highest BCUT2D eigenvalue weighted by Gasteiger charge is 2.19.